The molecule has 0 aromatic carbocycles. The highest BCUT2D eigenvalue weighted by Gasteiger charge is 2.10. The molecule has 1 aliphatic rings. The van der Waals surface area contributed by atoms with Crippen molar-refractivity contribution in [2.45, 2.75) is 33.6 Å². The summed E-state index contributed by atoms with van der Waals surface area (Å²) in [5.74, 6) is 0.787. The van der Waals surface area contributed by atoms with Crippen LogP contribution in [0.4, 0.5) is 0 Å². The van der Waals surface area contributed by atoms with Crippen molar-refractivity contribution in [1.82, 2.24) is 0 Å². The van der Waals surface area contributed by atoms with E-state index in [0.29, 0.717) is 0 Å². The van der Waals surface area contributed by atoms with Crippen LogP contribution in [0.25, 0.3) is 0 Å². The number of hydrogen-bond acceptors (Lipinski definition) is 0. The fourth-order valence-corrected chi connectivity index (χ4v) is 1.55. The van der Waals surface area contributed by atoms with Crippen LogP contribution in [0.3, 0.4) is 0 Å². The van der Waals surface area contributed by atoms with Crippen LogP contribution in [-0.4, -0.2) is 0 Å². The van der Waals surface area contributed by atoms with E-state index in [1.807, 2.05) is 0 Å². The molecule has 0 aliphatic heterocycles. The van der Waals surface area contributed by atoms with Crippen LogP contribution in [0.1, 0.15) is 33.6 Å². The van der Waals surface area contributed by atoms with Crippen molar-refractivity contribution >= 4 is 0 Å². The van der Waals surface area contributed by atoms with Gasteiger partial charge in [-0.15, -0.1) is 0 Å². The molecule has 10 heavy (non-hydrogen) atoms. The number of allylic oxidation sites excluding steroid dienone is 4. The summed E-state index contributed by atoms with van der Waals surface area (Å²) in [5.41, 5.74) is 3.15. The van der Waals surface area contributed by atoms with Gasteiger partial charge in [-0.1, -0.05) is 30.2 Å². The van der Waals surface area contributed by atoms with Crippen molar-refractivity contribution in [1.29, 1.82) is 0 Å². The Morgan fingerprint density at radius 2 is 2.10 bits per heavy atom. The van der Waals surface area contributed by atoms with Crippen LogP contribution < -0.4 is 0 Å². The summed E-state index contributed by atoms with van der Waals surface area (Å²) in [5, 5.41) is 0. The first-order valence-corrected chi connectivity index (χ1v) is 4.03. The molecule has 0 nitrogen and oxygen atoms in total. The predicted octanol–water partition coefficient (Wildman–Crippen LogP) is 3.31. The van der Waals surface area contributed by atoms with Gasteiger partial charge in [-0.25, -0.2) is 0 Å². The molecular weight excluding hydrogens is 120 g/mol. The average molecular weight is 136 g/mol. The molecule has 0 N–H and O–H groups in total. The Hall–Kier alpha value is -0.520. The third-order valence-corrected chi connectivity index (χ3v) is 2.23. The van der Waals surface area contributed by atoms with Crippen molar-refractivity contribution in [3.8, 4) is 0 Å². The minimum absolute atomic E-state index is 0.787. The Balaban J connectivity index is 2.78. The molecule has 56 valence electrons. The fourth-order valence-electron chi connectivity index (χ4n) is 1.55. The molecule has 1 rings (SSSR count). The lowest BCUT2D eigenvalue weighted by Crippen LogP contribution is -2.03. The smallest absolute Gasteiger partial charge is 0.0134 e. The normalized spacial score (nSPS) is 25.1. The summed E-state index contributed by atoms with van der Waals surface area (Å²) in [4.78, 5) is 0. The average Bonchev–Trinajstić information content (AvgIpc) is 1.88. The van der Waals surface area contributed by atoms with Crippen LogP contribution in [-0.2, 0) is 0 Å². The second-order valence-electron chi connectivity index (χ2n) is 3.34. The van der Waals surface area contributed by atoms with Gasteiger partial charge in [0.15, 0.2) is 0 Å². The fraction of sp³-hybridized carbons (Fsp3) is 0.600. The molecule has 0 radical (unpaired) electrons. The van der Waals surface area contributed by atoms with E-state index in [0.717, 1.165) is 5.92 Å². The van der Waals surface area contributed by atoms with E-state index in [2.05, 4.69) is 32.9 Å². The third kappa shape index (κ3) is 1.50. The molecule has 0 spiro atoms. The zero-order valence-corrected chi connectivity index (χ0v) is 7.15. The maximum atomic E-state index is 2.31. The topological polar surface area (TPSA) is 0 Å². The molecule has 0 aromatic heterocycles. The summed E-state index contributed by atoms with van der Waals surface area (Å²) < 4.78 is 0. The number of rotatable bonds is 0. The second kappa shape index (κ2) is 3.05. The van der Waals surface area contributed by atoms with E-state index in [4.69, 9.17) is 0 Å². The summed E-state index contributed by atoms with van der Waals surface area (Å²) in [6, 6.07) is 0. The van der Waals surface area contributed by atoms with Crippen LogP contribution in [0, 0.1) is 5.92 Å². The molecule has 0 heteroatoms. The highest BCUT2D eigenvalue weighted by molar-refractivity contribution is 5.20. The van der Waals surface area contributed by atoms with Gasteiger partial charge in [0.05, 0.1) is 0 Å². The lowest BCUT2D eigenvalue weighted by molar-refractivity contribution is 0.649. The van der Waals surface area contributed by atoms with E-state index >= 15 is 0 Å². The molecular formula is C10H16. The van der Waals surface area contributed by atoms with E-state index in [-0.39, 0.29) is 0 Å². The Morgan fingerprint density at radius 1 is 1.40 bits per heavy atom. The Bertz CT molecular complexity index is 168. The zero-order valence-electron chi connectivity index (χ0n) is 7.15. The molecule has 0 amide bonds. The van der Waals surface area contributed by atoms with Gasteiger partial charge in [-0.2, -0.15) is 0 Å². The first-order chi connectivity index (χ1) is 4.72. The minimum Gasteiger partial charge on any atom is -0.0876 e. The van der Waals surface area contributed by atoms with Crippen LogP contribution >= 0.6 is 0 Å². The van der Waals surface area contributed by atoms with Crippen molar-refractivity contribution < 1.29 is 0 Å². The van der Waals surface area contributed by atoms with Gasteiger partial charge in [0, 0.05) is 0 Å². The Kier molecular flexibility index (Phi) is 2.31. The zero-order chi connectivity index (χ0) is 7.56. The molecule has 0 saturated carbocycles. The molecule has 1 unspecified atom stereocenters. The molecule has 1 atom stereocenters. The lowest BCUT2D eigenvalue weighted by Gasteiger charge is -2.18. The predicted molar refractivity (Wildman–Crippen MR) is 45.9 cm³/mol. The molecule has 0 saturated heterocycles. The van der Waals surface area contributed by atoms with Crippen molar-refractivity contribution in [3.05, 3.63) is 23.3 Å². The van der Waals surface area contributed by atoms with Crippen molar-refractivity contribution in [3.63, 3.8) is 0 Å². The quantitative estimate of drug-likeness (QED) is 0.448. The van der Waals surface area contributed by atoms with Crippen molar-refractivity contribution in [2.75, 3.05) is 0 Å². The molecule has 0 heterocycles. The monoisotopic (exact) mass is 136 g/mol. The van der Waals surface area contributed by atoms with Gasteiger partial charge in [0.25, 0.3) is 0 Å². The van der Waals surface area contributed by atoms with E-state index in [1.54, 1.807) is 5.57 Å². The van der Waals surface area contributed by atoms with Gasteiger partial charge in [-0.05, 0) is 32.6 Å². The van der Waals surface area contributed by atoms with Gasteiger partial charge in [0.1, 0.15) is 0 Å². The SMILES string of the molecule is CC(C)=C1CC=CCC1C. The molecule has 0 aromatic rings. The Morgan fingerprint density at radius 3 is 2.50 bits per heavy atom. The summed E-state index contributed by atoms with van der Waals surface area (Å²) >= 11 is 0. The van der Waals surface area contributed by atoms with Crippen LogP contribution in [0.15, 0.2) is 23.3 Å². The minimum atomic E-state index is 0.787. The standard InChI is InChI=1S/C10H16/c1-8(2)10-7-5-4-6-9(10)3/h4-5,9H,6-7H2,1-3H3. The largest absolute Gasteiger partial charge is 0.0876 e. The lowest BCUT2D eigenvalue weighted by atomic mass is 9.87. The molecule has 0 bridgehead atoms. The van der Waals surface area contributed by atoms with Gasteiger partial charge < -0.3 is 0 Å². The number of hydrogen-bond donors (Lipinski definition) is 0. The third-order valence-electron chi connectivity index (χ3n) is 2.23. The van der Waals surface area contributed by atoms with E-state index in [1.165, 1.54) is 18.4 Å². The first-order valence-electron chi connectivity index (χ1n) is 4.03. The van der Waals surface area contributed by atoms with Gasteiger partial charge >= 0.3 is 0 Å². The molecule has 0 fully saturated rings. The van der Waals surface area contributed by atoms with Gasteiger partial charge in [0.2, 0.25) is 0 Å². The summed E-state index contributed by atoms with van der Waals surface area (Å²) in [6.07, 6.45) is 6.99. The summed E-state index contributed by atoms with van der Waals surface area (Å²) in [7, 11) is 0. The Labute approximate surface area is 63.6 Å². The summed E-state index contributed by atoms with van der Waals surface area (Å²) in [6.45, 7) is 6.74. The maximum Gasteiger partial charge on any atom is -0.0134 e. The highest BCUT2D eigenvalue weighted by atomic mass is 14.2. The van der Waals surface area contributed by atoms with Crippen molar-refractivity contribution in [2.24, 2.45) is 5.92 Å². The second-order valence-corrected chi connectivity index (χ2v) is 3.34. The van der Waals surface area contributed by atoms with Crippen LogP contribution in [0.5, 0.6) is 0 Å². The first kappa shape index (κ1) is 7.59. The van der Waals surface area contributed by atoms with E-state index in [9.17, 15) is 0 Å². The highest BCUT2D eigenvalue weighted by Crippen LogP contribution is 2.26. The van der Waals surface area contributed by atoms with E-state index < -0.39 is 0 Å². The maximum absolute atomic E-state index is 2.31. The molecule has 1 aliphatic carbocycles. The van der Waals surface area contributed by atoms with Crippen LogP contribution in [0.2, 0.25) is 0 Å². The van der Waals surface area contributed by atoms with Gasteiger partial charge in [-0.3, -0.25) is 0 Å².